The lowest BCUT2D eigenvalue weighted by atomic mass is 10.5. The van der Waals surface area contributed by atoms with E-state index >= 15 is 0 Å². The normalized spacial score (nSPS) is 10.4. The summed E-state index contributed by atoms with van der Waals surface area (Å²) in [7, 11) is 1.63. The van der Waals surface area contributed by atoms with Crippen molar-refractivity contribution in [2.75, 3.05) is 13.0 Å². The average Bonchev–Trinajstić information content (AvgIpc) is 2.38. The molecule has 1 aromatic rings. The first-order valence-corrected chi connectivity index (χ1v) is 3.84. The number of aryl methyl sites for hydroxylation is 1. The van der Waals surface area contributed by atoms with E-state index in [1.165, 1.54) is 0 Å². The van der Waals surface area contributed by atoms with Crippen LogP contribution in [0.15, 0.2) is 6.20 Å². The highest BCUT2D eigenvalue weighted by atomic mass is 35.5. The fraction of sp³-hybridized carbons (Fsp3) is 0.667. The monoisotopic (exact) mass is 175 g/mol. The first kappa shape index (κ1) is 8.49. The fourth-order valence-corrected chi connectivity index (χ4v) is 0.922. The summed E-state index contributed by atoms with van der Waals surface area (Å²) in [5, 5.41) is 7.68. The lowest BCUT2D eigenvalue weighted by Crippen LogP contribution is -1.99. The lowest BCUT2D eigenvalue weighted by molar-refractivity contribution is 0.181. The van der Waals surface area contributed by atoms with E-state index in [1.807, 2.05) is 6.20 Å². The molecule has 0 spiro atoms. The molecule has 0 radical (unpaired) electrons. The SMILES string of the molecule is COCc1cn(CCCl)nn1. The van der Waals surface area contributed by atoms with Crippen LogP contribution in [0.2, 0.25) is 0 Å². The molecule has 0 aliphatic heterocycles. The average molecular weight is 176 g/mol. The van der Waals surface area contributed by atoms with Crippen molar-refractivity contribution >= 4 is 11.6 Å². The molecule has 0 atom stereocenters. The van der Waals surface area contributed by atoms with Crippen LogP contribution in [0.5, 0.6) is 0 Å². The number of rotatable bonds is 4. The summed E-state index contributed by atoms with van der Waals surface area (Å²) >= 11 is 5.50. The second-order valence-electron chi connectivity index (χ2n) is 2.09. The summed E-state index contributed by atoms with van der Waals surface area (Å²) in [5.41, 5.74) is 0.831. The molecule has 0 aromatic carbocycles. The lowest BCUT2D eigenvalue weighted by Gasteiger charge is -1.91. The summed E-state index contributed by atoms with van der Waals surface area (Å²) < 4.78 is 6.57. The number of hydrogen-bond acceptors (Lipinski definition) is 3. The van der Waals surface area contributed by atoms with Crippen LogP contribution in [0.25, 0.3) is 0 Å². The molecular formula is C6H10ClN3O. The number of aromatic nitrogens is 3. The van der Waals surface area contributed by atoms with Crippen LogP contribution in [0.4, 0.5) is 0 Å². The van der Waals surface area contributed by atoms with Crippen LogP contribution in [0.3, 0.4) is 0 Å². The molecule has 0 fully saturated rings. The summed E-state index contributed by atoms with van der Waals surface area (Å²) in [6.07, 6.45) is 1.83. The van der Waals surface area contributed by atoms with Crippen molar-refractivity contribution in [1.29, 1.82) is 0 Å². The molecule has 1 aromatic heterocycles. The van der Waals surface area contributed by atoms with Gasteiger partial charge in [0.25, 0.3) is 0 Å². The van der Waals surface area contributed by atoms with Crippen LogP contribution in [-0.2, 0) is 17.9 Å². The molecule has 0 aliphatic carbocycles. The van der Waals surface area contributed by atoms with Crippen LogP contribution in [-0.4, -0.2) is 28.0 Å². The predicted octanol–water partition coefficient (Wildman–Crippen LogP) is 0.663. The van der Waals surface area contributed by atoms with Gasteiger partial charge in [-0.25, -0.2) is 0 Å². The standard InChI is InChI=1S/C6H10ClN3O/c1-11-5-6-4-10(3-2-7)9-8-6/h4H,2-3,5H2,1H3. The highest BCUT2D eigenvalue weighted by Gasteiger charge is 1.97. The van der Waals surface area contributed by atoms with Crippen molar-refractivity contribution < 1.29 is 4.74 Å². The van der Waals surface area contributed by atoms with E-state index in [0.717, 1.165) is 5.69 Å². The van der Waals surface area contributed by atoms with E-state index in [2.05, 4.69) is 10.3 Å². The Labute approximate surface area is 70.1 Å². The number of ether oxygens (including phenoxy) is 1. The van der Waals surface area contributed by atoms with Crippen LogP contribution >= 0.6 is 11.6 Å². The van der Waals surface area contributed by atoms with Gasteiger partial charge in [0.05, 0.1) is 19.3 Å². The molecule has 0 saturated carbocycles. The molecule has 5 heteroatoms. The summed E-state index contributed by atoms with van der Waals surface area (Å²) in [5.74, 6) is 0.551. The summed E-state index contributed by atoms with van der Waals surface area (Å²) in [6.45, 7) is 1.19. The third-order valence-electron chi connectivity index (χ3n) is 1.19. The largest absolute Gasteiger partial charge is 0.378 e. The molecule has 62 valence electrons. The van der Waals surface area contributed by atoms with Gasteiger partial charge in [0.1, 0.15) is 5.69 Å². The molecular weight excluding hydrogens is 166 g/mol. The van der Waals surface area contributed by atoms with Gasteiger partial charge >= 0.3 is 0 Å². The van der Waals surface area contributed by atoms with Gasteiger partial charge in [-0.05, 0) is 0 Å². The maximum Gasteiger partial charge on any atom is 0.108 e. The quantitative estimate of drug-likeness (QED) is 0.632. The van der Waals surface area contributed by atoms with Gasteiger partial charge in [-0.2, -0.15) is 0 Å². The number of alkyl halides is 1. The van der Waals surface area contributed by atoms with Gasteiger partial charge in [0, 0.05) is 13.0 Å². The van der Waals surface area contributed by atoms with Gasteiger partial charge in [-0.3, -0.25) is 4.68 Å². The Hall–Kier alpha value is -0.610. The Morgan fingerprint density at radius 1 is 1.73 bits per heavy atom. The minimum Gasteiger partial charge on any atom is -0.378 e. The zero-order chi connectivity index (χ0) is 8.10. The number of hydrogen-bond donors (Lipinski definition) is 0. The summed E-state index contributed by atoms with van der Waals surface area (Å²) in [6, 6.07) is 0. The van der Waals surface area contributed by atoms with Crippen molar-refractivity contribution in [3.05, 3.63) is 11.9 Å². The molecule has 0 aliphatic rings. The van der Waals surface area contributed by atoms with E-state index in [-0.39, 0.29) is 0 Å². The molecule has 0 unspecified atom stereocenters. The van der Waals surface area contributed by atoms with E-state index in [4.69, 9.17) is 16.3 Å². The van der Waals surface area contributed by atoms with Crippen LogP contribution in [0.1, 0.15) is 5.69 Å². The van der Waals surface area contributed by atoms with Crippen molar-refractivity contribution in [2.24, 2.45) is 0 Å². The Bertz CT molecular complexity index is 193. The second-order valence-corrected chi connectivity index (χ2v) is 2.47. The predicted molar refractivity (Wildman–Crippen MR) is 41.5 cm³/mol. The van der Waals surface area contributed by atoms with E-state index < -0.39 is 0 Å². The Balaban J connectivity index is 2.51. The number of nitrogens with zero attached hydrogens (tertiary/aromatic N) is 3. The molecule has 0 amide bonds. The van der Waals surface area contributed by atoms with Crippen molar-refractivity contribution in [3.63, 3.8) is 0 Å². The van der Waals surface area contributed by atoms with Crippen LogP contribution < -0.4 is 0 Å². The Kier molecular flexibility index (Phi) is 3.32. The number of methoxy groups -OCH3 is 1. The maximum atomic E-state index is 5.50. The van der Waals surface area contributed by atoms with Gasteiger partial charge in [0.2, 0.25) is 0 Å². The highest BCUT2D eigenvalue weighted by Crippen LogP contribution is 1.94. The van der Waals surface area contributed by atoms with Crippen molar-refractivity contribution in [2.45, 2.75) is 13.2 Å². The van der Waals surface area contributed by atoms with E-state index in [0.29, 0.717) is 19.0 Å². The first-order chi connectivity index (χ1) is 5.36. The Morgan fingerprint density at radius 3 is 3.18 bits per heavy atom. The molecule has 0 bridgehead atoms. The minimum atomic E-state index is 0.502. The highest BCUT2D eigenvalue weighted by molar-refractivity contribution is 6.17. The van der Waals surface area contributed by atoms with Gasteiger partial charge in [-0.15, -0.1) is 16.7 Å². The zero-order valence-corrected chi connectivity index (χ0v) is 7.08. The molecule has 4 nitrogen and oxygen atoms in total. The fourth-order valence-electron chi connectivity index (χ4n) is 0.748. The third kappa shape index (κ3) is 2.48. The molecule has 0 N–H and O–H groups in total. The van der Waals surface area contributed by atoms with Crippen molar-refractivity contribution in [1.82, 2.24) is 15.0 Å². The third-order valence-corrected chi connectivity index (χ3v) is 1.36. The molecule has 1 rings (SSSR count). The maximum absolute atomic E-state index is 5.50. The van der Waals surface area contributed by atoms with Crippen LogP contribution in [0, 0.1) is 0 Å². The smallest absolute Gasteiger partial charge is 0.108 e. The number of halogens is 1. The van der Waals surface area contributed by atoms with Crippen molar-refractivity contribution in [3.8, 4) is 0 Å². The summed E-state index contributed by atoms with van der Waals surface area (Å²) in [4.78, 5) is 0. The Morgan fingerprint density at radius 2 is 2.55 bits per heavy atom. The first-order valence-electron chi connectivity index (χ1n) is 3.30. The van der Waals surface area contributed by atoms with Gasteiger partial charge in [-0.1, -0.05) is 5.21 Å². The topological polar surface area (TPSA) is 39.9 Å². The molecule has 0 saturated heterocycles. The van der Waals surface area contributed by atoms with Gasteiger partial charge < -0.3 is 4.74 Å². The molecule has 1 heterocycles. The molecule has 11 heavy (non-hydrogen) atoms. The second kappa shape index (κ2) is 4.31. The zero-order valence-electron chi connectivity index (χ0n) is 6.33. The van der Waals surface area contributed by atoms with Gasteiger partial charge in [0.15, 0.2) is 0 Å². The van der Waals surface area contributed by atoms with E-state index in [9.17, 15) is 0 Å². The minimum absolute atomic E-state index is 0.502. The van der Waals surface area contributed by atoms with E-state index in [1.54, 1.807) is 11.8 Å².